The number of nitrogens with zero attached hydrogens (tertiary/aromatic N) is 1. The van der Waals surface area contributed by atoms with Crippen molar-refractivity contribution in [2.24, 2.45) is 0 Å². The third-order valence-electron chi connectivity index (χ3n) is 12.7. The van der Waals surface area contributed by atoms with Gasteiger partial charge in [-0.25, -0.2) is 0 Å². The lowest BCUT2D eigenvalue weighted by Crippen LogP contribution is -2.39. The second-order valence-corrected chi connectivity index (χ2v) is 21.6. The maximum atomic E-state index is 3.02. The average molecular weight is 675 g/mol. The van der Waals surface area contributed by atoms with Crippen molar-refractivity contribution in [2.45, 2.75) is 197 Å². The minimum absolute atomic E-state index is 0.120. The molecule has 6 rings (SSSR count). The van der Waals surface area contributed by atoms with E-state index in [4.69, 9.17) is 0 Å². The molecule has 0 unspecified atom stereocenters. The summed E-state index contributed by atoms with van der Waals surface area (Å²) < 4.78 is 0. The van der Waals surface area contributed by atoms with Crippen LogP contribution in [0.2, 0.25) is 0 Å². The zero-order valence-electron chi connectivity index (χ0n) is 30.7. The zero-order valence-corrected chi connectivity index (χ0v) is 32.4. The van der Waals surface area contributed by atoms with Gasteiger partial charge in [0.05, 0.1) is 0 Å². The lowest BCUT2D eigenvalue weighted by Gasteiger charge is -2.47. The predicted octanol–water partition coefficient (Wildman–Crippen LogP) is 13.3. The molecule has 0 N–H and O–H groups in total. The monoisotopic (exact) mass is 674 g/mol. The van der Waals surface area contributed by atoms with E-state index < -0.39 is 0 Å². The van der Waals surface area contributed by atoms with Gasteiger partial charge in [0.1, 0.15) is 0 Å². The smallest absolute Gasteiger partial charge is 0.0429 e. The highest BCUT2D eigenvalue weighted by Crippen LogP contribution is 2.70. The minimum Gasteiger partial charge on any atom is -0.296 e. The Kier molecular flexibility index (Phi) is 15.3. The SMILES string of the molecule is CCCCN(CCCC)[C@H]([C]1[CH][CH][CH][C]1P(C1CCCCC1)C1CCCCC1)c1ccccc1P(C1CCCCC1)C1CCCCC1. The number of hydrogen-bond acceptors (Lipinski definition) is 1. The van der Waals surface area contributed by atoms with Gasteiger partial charge in [-0.05, 0) is 130 Å². The Balaban J connectivity index is 1.42. The summed E-state index contributed by atoms with van der Waals surface area (Å²) in [5.74, 6) is 1.76. The van der Waals surface area contributed by atoms with Crippen molar-refractivity contribution >= 4 is 21.1 Å². The number of unbranched alkanes of at least 4 members (excludes halogenated alkanes) is 2. The summed E-state index contributed by atoms with van der Waals surface area (Å²) >= 11 is 0. The molecule has 5 radical (unpaired) electrons. The van der Waals surface area contributed by atoms with Crippen molar-refractivity contribution in [3.63, 3.8) is 0 Å². The van der Waals surface area contributed by atoms with E-state index in [0.717, 1.165) is 22.6 Å². The van der Waals surface area contributed by atoms with Gasteiger partial charge in [-0.2, -0.15) is 0 Å². The molecule has 0 heterocycles. The van der Waals surface area contributed by atoms with Crippen LogP contribution in [0.15, 0.2) is 24.3 Å². The van der Waals surface area contributed by atoms with Gasteiger partial charge in [0, 0.05) is 17.6 Å². The topological polar surface area (TPSA) is 3.24 Å². The Bertz CT molecular complexity index is 958. The van der Waals surface area contributed by atoms with Crippen LogP contribution in [0.4, 0.5) is 0 Å². The summed E-state index contributed by atoms with van der Waals surface area (Å²) in [4.78, 5) is 3.02. The van der Waals surface area contributed by atoms with Crippen LogP contribution in [0, 0.1) is 30.8 Å². The Hall–Kier alpha value is 0.0400. The van der Waals surface area contributed by atoms with Gasteiger partial charge >= 0.3 is 0 Å². The molecular formula is C44H70NP2. The molecule has 1 atom stereocenters. The predicted molar refractivity (Wildman–Crippen MR) is 211 cm³/mol. The standard InChI is InChI=1S/C44H70NP2/c1-3-5-34-45(35-6-4-2)44(41-31-21-33-43(41)47(38-26-15-9-16-27-38)39-28-17-10-18-29-39)40-30-19-20-32-42(40)46(36-22-11-7-12-23-36)37-24-13-8-14-25-37/h19-21,30-33,36-39,44H,3-18,22-29,34-35H2,1-2H3/t44-/m0/s1. The molecule has 0 aromatic heterocycles. The molecule has 3 heteroatoms. The van der Waals surface area contributed by atoms with Crippen molar-refractivity contribution in [1.82, 2.24) is 4.90 Å². The van der Waals surface area contributed by atoms with Gasteiger partial charge in [-0.15, -0.1) is 0 Å². The summed E-state index contributed by atoms with van der Waals surface area (Å²) in [6, 6.07) is 10.7. The fourth-order valence-corrected chi connectivity index (χ4v) is 18.3. The number of hydrogen-bond donors (Lipinski definition) is 0. The second kappa shape index (κ2) is 19.6. The average Bonchev–Trinajstić information content (AvgIpc) is 3.60. The van der Waals surface area contributed by atoms with Gasteiger partial charge in [0.2, 0.25) is 0 Å². The highest BCUT2D eigenvalue weighted by molar-refractivity contribution is 7.67. The molecule has 0 amide bonds. The Labute approximate surface area is 295 Å². The van der Waals surface area contributed by atoms with Crippen LogP contribution in [-0.4, -0.2) is 40.6 Å². The molecule has 5 fully saturated rings. The summed E-state index contributed by atoms with van der Waals surface area (Å²) in [5.41, 5.74) is 7.42. The van der Waals surface area contributed by atoms with Crippen LogP contribution in [0.5, 0.6) is 0 Å². The molecule has 0 spiro atoms. The van der Waals surface area contributed by atoms with E-state index in [9.17, 15) is 0 Å². The minimum atomic E-state index is -0.142. The fourth-order valence-electron chi connectivity index (χ4n) is 10.3. The van der Waals surface area contributed by atoms with E-state index in [1.165, 1.54) is 167 Å². The summed E-state index contributed by atoms with van der Waals surface area (Å²) in [5, 5.41) is 1.84. The first kappa shape index (κ1) is 36.8. The Morgan fingerprint density at radius 1 is 0.574 bits per heavy atom. The molecule has 5 saturated carbocycles. The lowest BCUT2D eigenvalue weighted by atomic mass is 9.89. The van der Waals surface area contributed by atoms with Crippen LogP contribution < -0.4 is 5.30 Å². The van der Waals surface area contributed by atoms with E-state index in [0.29, 0.717) is 6.04 Å². The maximum Gasteiger partial charge on any atom is 0.0429 e. The van der Waals surface area contributed by atoms with Crippen molar-refractivity contribution in [1.29, 1.82) is 0 Å². The molecule has 0 bridgehead atoms. The molecule has 261 valence electrons. The molecule has 0 aliphatic heterocycles. The molecule has 5 aliphatic carbocycles. The van der Waals surface area contributed by atoms with E-state index in [1.54, 1.807) is 11.5 Å². The van der Waals surface area contributed by atoms with Crippen LogP contribution in [0.3, 0.4) is 0 Å². The molecule has 5 aliphatic rings. The first-order chi connectivity index (χ1) is 23.3. The van der Waals surface area contributed by atoms with Gasteiger partial charge < -0.3 is 0 Å². The van der Waals surface area contributed by atoms with Gasteiger partial charge in [-0.3, -0.25) is 4.90 Å². The third kappa shape index (κ3) is 9.48. The van der Waals surface area contributed by atoms with E-state index in [2.05, 4.69) is 62.3 Å². The summed E-state index contributed by atoms with van der Waals surface area (Å²) in [6.07, 6.45) is 42.7. The lowest BCUT2D eigenvalue weighted by molar-refractivity contribution is 0.205. The van der Waals surface area contributed by atoms with Crippen LogP contribution in [0.1, 0.15) is 180 Å². The molecule has 1 aromatic rings. The summed E-state index contributed by atoms with van der Waals surface area (Å²) in [7, 11) is -0.262. The van der Waals surface area contributed by atoms with E-state index in [1.807, 2.05) is 11.0 Å². The highest BCUT2D eigenvalue weighted by atomic mass is 31.1. The number of rotatable bonds is 15. The van der Waals surface area contributed by atoms with E-state index in [-0.39, 0.29) is 15.8 Å². The van der Waals surface area contributed by atoms with Crippen molar-refractivity contribution in [3.05, 3.63) is 60.7 Å². The first-order valence-corrected chi connectivity index (χ1v) is 23.9. The summed E-state index contributed by atoms with van der Waals surface area (Å²) in [6.45, 7) is 7.31. The largest absolute Gasteiger partial charge is 0.296 e. The highest BCUT2D eigenvalue weighted by Gasteiger charge is 2.48. The fraction of sp³-hybridized carbons (Fsp3) is 0.750. The Morgan fingerprint density at radius 3 is 1.49 bits per heavy atom. The van der Waals surface area contributed by atoms with Gasteiger partial charge in [0.25, 0.3) is 0 Å². The quantitative estimate of drug-likeness (QED) is 0.167. The molecule has 0 saturated heterocycles. The van der Waals surface area contributed by atoms with Crippen molar-refractivity contribution in [3.8, 4) is 0 Å². The van der Waals surface area contributed by atoms with Crippen LogP contribution in [-0.2, 0) is 0 Å². The van der Waals surface area contributed by atoms with Crippen molar-refractivity contribution < 1.29 is 0 Å². The van der Waals surface area contributed by atoms with E-state index >= 15 is 0 Å². The molecule has 1 aromatic carbocycles. The van der Waals surface area contributed by atoms with Gasteiger partial charge in [0.15, 0.2) is 0 Å². The van der Waals surface area contributed by atoms with Gasteiger partial charge in [-0.1, -0.05) is 144 Å². The normalized spacial score (nSPS) is 24.6. The molecule has 47 heavy (non-hydrogen) atoms. The van der Waals surface area contributed by atoms with Crippen molar-refractivity contribution in [2.75, 3.05) is 13.1 Å². The Morgan fingerprint density at radius 2 is 1.02 bits per heavy atom. The molecular weight excluding hydrogens is 604 g/mol. The maximum absolute atomic E-state index is 3.02. The van der Waals surface area contributed by atoms with Crippen LogP contribution in [0.25, 0.3) is 0 Å². The van der Waals surface area contributed by atoms with Crippen LogP contribution >= 0.6 is 15.8 Å². The number of benzene rings is 1. The second-order valence-electron chi connectivity index (χ2n) is 16.1. The zero-order chi connectivity index (χ0) is 32.3. The third-order valence-corrected chi connectivity index (χ3v) is 19.9. The molecule has 1 nitrogen and oxygen atoms in total. The first-order valence-electron chi connectivity index (χ1n) is 20.9.